The number of hydrogen-bond donors (Lipinski definition) is 3. The van der Waals surface area contributed by atoms with Crippen molar-refractivity contribution in [3.63, 3.8) is 0 Å². The molecule has 2 aromatic carbocycles. The molecular formula is C27H26N4O4. The van der Waals surface area contributed by atoms with Crippen molar-refractivity contribution >= 4 is 17.6 Å². The predicted molar refractivity (Wildman–Crippen MR) is 131 cm³/mol. The van der Waals surface area contributed by atoms with Crippen molar-refractivity contribution in [2.45, 2.75) is 38.6 Å². The maximum Gasteiger partial charge on any atom is 0.342 e. The van der Waals surface area contributed by atoms with Crippen LogP contribution in [0.25, 0.3) is 11.3 Å². The average molecular weight is 471 g/mol. The van der Waals surface area contributed by atoms with E-state index in [0.717, 1.165) is 36.1 Å². The van der Waals surface area contributed by atoms with E-state index in [4.69, 9.17) is 4.42 Å². The molecule has 0 atom stereocenters. The number of aromatic hydroxyl groups is 1. The molecule has 0 saturated heterocycles. The number of amides is 2. The van der Waals surface area contributed by atoms with E-state index in [-0.39, 0.29) is 23.5 Å². The Kier molecular flexibility index (Phi) is 6.10. The van der Waals surface area contributed by atoms with E-state index in [2.05, 4.69) is 15.7 Å². The van der Waals surface area contributed by atoms with Gasteiger partial charge in [0.05, 0.1) is 17.7 Å². The molecule has 5 rings (SSSR count). The zero-order valence-electron chi connectivity index (χ0n) is 19.3. The van der Waals surface area contributed by atoms with Gasteiger partial charge in [-0.1, -0.05) is 36.2 Å². The molecular weight excluding hydrogens is 444 g/mol. The van der Waals surface area contributed by atoms with Crippen molar-refractivity contribution in [2.75, 3.05) is 5.32 Å². The molecule has 2 aromatic heterocycles. The molecule has 0 spiro atoms. The topological polar surface area (TPSA) is 109 Å². The fourth-order valence-corrected chi connectivity index (χ4v) is 4.19. The predicted octanol–water partition coefficient (Wildman–Crippen LogP) is 5.43. The van der Waals surface area contributed by atoms with Crippen LogP contribution in [0.5, 0.6) is 5.75 Å². The number of benzene rings is 2. The highest BCUT2D eigenvalue weighted by Crippen LogP contribution is 2.39. The van der Waals surface area contributed by atoms with Gasteiger partial charge in [-0.15, -0.1) is 0 Å². The Morgan fingerprint density at radius 2 is 1.97 bits per heavy atom. The number of phenolic OH excluding ortho intramolecular Hbond substituents is 1. The largest absolute Gasteiger partial charge is 0.507 e. The van der Waals surface area contributed by atoms with E-state index in [1.165, 1.54) is 17.0 Å². The summed E-state index contributed by atoms with van der Waals surface area (Å²) in [5.74, 6) is -0.0275. The van der Waals surface area contributed by atoms with Gasteiger partial charge < -0.3 is 20.2 Å². The number of phenols is 1. The fourth-order valence-electron chi connectivity index (χ4n) is 4.19. The Labute approximate surface area is 202 Å². The van der Waals surface area contributed by atoms with Crippen molar-refractivity contribution in [1.82, 2.24) is 15.1 Å². The Bertz CT molecular complexity index is 1370. The van der Waals surface area contributed by atoms with Gasteiger partial charge in [0.15, 0.2) is 5.76 Å². The number of carbonyl (C=O) groups excluding carboxylic acids is 2. The third kappa shape index (κ3) is 4.82. The van der Waals surface area contributed by atoms with E-state index >= 15 is 0 Å². The van der Waals surface area contributed by atoms with Crippen LogP contribution in [0.3, 0.4) is 0 Å². The van der Waals surface area contributed by atoms with Gasteiger partial charge in [-0.2, -0.15) is 9.78 Å². The Hall–Kier alpha value is -4.33. The molecule has 4 aromatic rings. The van der Waals surface area contributed by atoms with Crippen LogP contribution in [0.1, 0.15) is 52.6 Å². The quantitative estimate of drug-likeness (QED) is 0.348. The standard InChI is InChI=1S/C27H26N4O4/c1-17-5-2-6-18(13-17)16-28-27(34)31-23(19-7-3-8-19)15-22(30-31)21-11-10-20(14-24(21)32)29-26(33)25-9-4-12-35-25/h2,4-6,9-15,19,32H,3,7-8,16H2,1H3,(H,28,34)(H,29,33). The summed E-state index contributed by atoms with van der Waals surface area (Å²) in [5.41, 5.74) is 4.38. The maximum atomic E-state index is 13.1. The molecule has 2 amide bonds. The minimum Gasteiger partial charge on any atom is -0.507 e. The summed E-state index contributed by atoms with van der Waals surface area (Å²) < 4.78 is 6.51. The van der Waals surface area contributed by atoms with Gasteiger partial charge >= 0.3 is 6.03 Å². The highest BCUT2D eigenvalue weighted by atomic mass is 16.3. The highest BCUT2D eigenvalue weighted by molar-refractivity contribution is 6.02. The van der Waals surface area contributed by atoms with Crippen LogP contribution in [0, 0.1) is 6.92 Å². The molecule has 8 nitrogen and oxygen atoms in total. The normalized spacial score (nSPS) is 13.3. The zero-order valence-corrected chi connectivity index (χ0v) is 19.3. The van der Waals surface area contributed by atoms with Gasteiger partial charge in [0.2, 0.25) is 0 Å². The first kappa shape index (κ1) is 22.5. The van der Waals surface area contributed by atoms with Crippen LogP contribution < -0.4 is 10.6 Å². The van der Waals surface area contributed by atoms with E-state index < -0.39 is 5.91 Å². The second kappa shape index (κ2) is 9.50. The lowest BCUT2D eigenvalue weighted by Crippen LogP contribution is -2.31. The van der Waals surface area contributed by atoms with Gasteiger partial charge in [0.25, 0.3) is 5.91 Å². The molecule has 35 heavy (non-hydrogen) atoms. The molecule has 8 heteroatoms. The molecule has 1 aliphatic rings. The fraction of sp³-hybridized carbons (Fsp3) is 0.222. The van der Waals surface area contributed by atoms with Gasteiger partial charge in [0.1, 0.15) is 5.75 Å². The second-order valence-electron chi connectivity index (χ2n) is 8.81. The first-order valence-corrected chi connectivity index (χ1v) is 11.6. The van der Waals surface area contributed by atoms with Crippen molar-refractivity contribution in [3.8, 4) is 17.0 Å². The minimum atomic E-state index is -0.413. The van der Waals surface area contributed by atoms with Crippen molar-refractivity contribution < 1.29 is 19.1 Å². The summed E-state index contributed by atoms with van der Waals surface area (Å²) in [6, 6.07) is 17.5. The molecule has 1 fully saturated rings. The molecule has 3 N–H and O–H groups in total. The number of furan rings is 1. The first-order chi connectivity index (χ1) is 17.0. The third-order valence-electron chi connectivity index (χ3n) is 6.26. The molecule has 0 aliphatic heterocycles. The summed E-state index contributed by atoms with van der Waals surface area (Å²) in [6.07, 6.45) is 4.54. The molecule has 178 valence electrons. The third-order valence-corrected chi connectivity index (χ3v) is 6.26. The lowest BCUT2D eigenvalue weighted by molar-refractivity contribution is 0.0996. The van der Waals surface area contributed by atoms with Crippen LogP contribution in [0.4, 0.5) is 10.5 Å². The van der Waals surface area contributed by atoms with E-state index in [9.17, 15) is 14.7 Å². The molecule has 2 heterocycles. The summed E-state index contributed by atoms with van der Waals surface area (Å²) in [4.78, 5) is 25.3. The minimum absolute atomic E-state index is 0.0489. The van der Waals surface area contributed by atoms with Gasteiger partial charge in [0, 0.05) is 29.8 Å². The zero-order chi connectivity index (χ0) is 24.4. The van der Waals surface area contributed by atoms with E-state index in [1.807, 2.05) is 37.3 Å². The monoisotopic (exact) mass is 470 g/mol. The van der Waals surface area contributed by atoms with Crippen LogP contribution in [-0.2, 0) is 6.54 Å². The summed E-state index contributed by atoms with van der Waals surface area (Å²) in [7, 11) is 0. The molecule has 1 saturated carbocycles. The first-order valence-electron chi connectivity index (χ1n) is 11.6. The second-order valence-corrected chi connectivity index (χ2v) is 8.81. The molecule has 0 radical (unpaired) electrons. The Balaban J connectivity index is 1.37. The molecule has 0 bridgehead atoms. The lowest BCUT2D eigenvalue weighted by Gasteiger charge is -2.25. The van der Waals surface area contributed by atoms with Crippen LogP contribution in [-0.4, -0.2) is 26.8 Å². The van der Waals surface area contributed by atoms with Gasteiger partial charge in [-0.05, 0) is 55.7 Å². The summed E-state index contributed by atoms with van der Waals surface area (Å²) in [6.45, 7) is 2.41. The van der Waals surface area contributed by atoms with Gasteiger partial charge in [-0.3, -0.25) is 4.79 Å². The maximum absolute atomic E-state index is 13.1. The van der Waals surface area contributed by atoms with Crippen molar-refractivity contribution in [2.24, 2.45) is 0 Å². The summed E-state index contributed by atoms with van der Waals surface area (Å²) in [5, 5.41) is 20.9. The average Bonchev–Trinajstić information content (AvgIpc) is 3.47. The number of rotatable bonds is 6. The van der Waals surface area contributed by atoms with Crippen LogP contribution in [0.15, 0.2) is 71.3 Å². The number of anilines is 1. The number of nitrogens with one attached hydrogen (secondary N) is 2. The van der Waals surface area contributed by atoms with E-state index in [1.54, 1.807) is 24.3 Å². The van der Waals surface area contributed by atoms with Gasteiger partial charge in [-0.25, -0.2) is 4.79 Å². The summed E-state index contributed by atoms with van der Waals surface area (Å²) >= 11 is 0. The number of aromatic nitrogens is 2. The number of aryl methyl sites for hydroxylation is 1. The van der Waals surface area contributed by atoms with Crippen LogP contribution >= 0.6 is 0 Å². The Morgan fingerprint density at radius 1 is 1.11 bits per heavy atom. The smallest absolute Gasteiger partial charge is 0.342 e. The lowest BCUT2D eigenvalue weighted by atomic mass is 9.82. The van der Waals surface area contributed by atoms with Crippen molar-refractivity contribution in [3.05, 3.63) is 89.5 Å². The molecule has 1 aliphatic carbocycles. The number of hydrogen-bond acceptors (Lipinski definition) is 5. The highest BCUT2D eigenvalue weighted by Gasteiger charge is 2.27. The van der Waals surface area contributed by atoms with E-state index in [0.29, 0.717) is 23.5 Å². The number of carbonyl (C=O) groups is 2. The SMILES string of the molecule is Cc1cccc(CNC(=O)n2nc(-c3ccc(NC(=O)c4ccco4)cc3O)cc2C2CCC2)c1. The number of nitrogens with zero attached hydrogens (tertiary/aromatic N) is 2. The Morgan fingerprint density at radius 3 is 2.66 bits per heavy atom. The van der Waals surface area contributed by atoms with Crippen molar-refractivity contribution in [1.29, 1.82) is 0 Å². The molecule has 0 unspecified atom stereocenters. The van der Waals surface area contributed by atoms with Crippen LogP contribution in [0.2, 0.25) is 0 Å².